The molecule has 0 bridgehead atoms. The lowest BCUT2D eigenvalue weighted by molar-refractivity contribution is -0.139. The van der Waals surface area contributed by atoms with Crippen molar-refractivity contribution in [2.24, 2.45) is 11.8 Å². The first kappa shape index (κ1) is 14.7. The topological polar surface area (TPSA) is 75.6 Å². The van der Waals surface area contributed by atoms with Crippen molar-refractivity contribution in [1.29, 1.82) is 0 Å². The summed E-state index contributed by atoms with van der Waals surface area (Å²) >= 11 is 0. The molecule has 0 saturated carbocycles. The number of carboxylic acid groups (broad SMARTS) is 1. The van der Waals surface area contributed by atoms with E-state index in [-0.39, 0.29) is 11.8 Å². The molecule has 0 aliphatic heterocycles. The van der Waals surface area contributed by atoms with Crippen LogP contribution in [0.1, 0.15) is 34.1 Å². The Bertz CT molecular complexity index is 238. The molecular weight excluding hydrogens is 210 g/mol. The van der Waals surface area contributed by atoms with Crippen molar-refractivity contribution in [1.82, 2.24) is 5.32 Å². The summed E-state index contributed by atoms with van der Waals surface area (Å²) in [4.78, 5) is 22.1. The van der Waals surface area contributed by atoms with Crippen molar-refractivity contribution in [3.63, 3.8) is 0 Å². The molecule has 1 amide bonds. The van der Waals surface area contributed by atoms with Gasteiger partial charge in [-0.1, -0.05) is 27.7 Å². The zero-order chi connectivity index (χ0) is 12.7. The second-order valence-electron chi connectivity index (χ2n) is 4.66. The van der Waals surface area contributed by atoms with Crippen molar-refractivity contribution in [2.75, 3.05) is 6.61 Å². The van der Waals surface area contributed by atoms with E-state index >= 15 is 0 Å². The van der Waals surface area contributed by atoms with Gasteiger partial charge in [0, 0.05) is 0 Å². The fourth-order valence-electron chi connectivity index (χ4n) is 1.12. The Hall–Kier alpha value is -1.26. The van der Waals surface area contributed by atoms with Crippen molar-refractivity contribution < 1.29 is 19.4 Å². The molecular formula is C11H21NO4. The van der Waals surface area contributed by atoms with Gasteiger partial charge in [-0.3, -0.25) is 0 Å². The number of ether oxygens (including phenoxy) is 1. The van der Waals surface area contributed by atoms with Crippen molar-refractivity contribution in [3.05, 3.63) is 0 Å². The molecule has 0 radical (unpaired) electrons. The maximum atomic E-state index is 11.2. The van der Waals surface area contributed by atoms with Gasteiger partial charge < -0.3 is 15.2 Å². The second kappa shape index (κ2) is 7.09. The minimum Gasteiger partial charge on any atom is -0.480 e. The van der Waals surface area contributed by atoms with Crippen LogP contribution in [0.4, 0.5) is 4.79 Å². The SMILES string of the molecule is CC(C)COC(=O)N[C@@H](CC(C)C)C(=O)O. The van der Waals surface area contributed by atoms with E-state index in [0.717, 1.165) is 0 Å². The molecule has 5 nitrogen and oxygen atoms in total. The van der Waals surface area contributed by atoms with Crippen LogP contribution in [0, 0.1) is 11.8 Å². The maximum absolute atomic E-state index is 11.2. The third-order valence-electron chi connectivity index (χ3n) is 1.85. The number of rotatable bonds is 6. The molecule has 0 aromatic heterocycles. The van der Waals surface area contributed by atoms with Gasteiger partial charge in [-0.05, 0) is 18.3 Å². The molecule has 94 valence electrons. The molecule has 0 unspecified atom stereocenters. The lowest BCUT2D eigenvalue weighted by Gasteiger charge is -2.16. The van der Waals surface area contributed by atoms with Gasteiger partial charge in [0.1, 0.15) is 6.04 Å². The molecule has 0 aliphatic carbocycles. The monoisotopic (exact) mass is 231 g/mol. The van der Waals surface area contributed by atoms with Crippen LogP contribution in [0.25, 0.3) is 0 Å². The Kier molecular flexibility index (Phi) is 6.53. The predicted molar refractivity (Wildman–Crippen MR) is 60.2 cm³/mol. The molecule has 0 spiro atoms. The average Bonchev–Trinajstić information content (AvgIpc) is 2.12. The Morgan fingerprint density at radius 1 is 1.19 bits per heavy atom. The fraction of sp³-hybridized carbons (Fsp3) is 0.818. The van der Waals surface area contributed by atoms with E-state index in [2.05, 4.69) is 5.32 Å². The van der Waals surface area contributed by atoms with Gasteiger partial charge in [-0.2, -0.15) is 0 Å². The quantitative estimate of drug-likeness (QED) is 0.731. The minimum atomic E-state index is -1.03. The first-order valence-corrected chi connectivity index (χ1v) is 5.49. The van der Waals surface area contributed by atoms with Crippen molar-refractivity contribution >= 4 is 12.1 Å². The second-order valence-corrected chi connectivity index (χ2v) is 4.66. The number of amides is 1. The van der Waals surface area contributed by atoms with Gasteiger partial charge in [0.25, 0.3) is 0 Å². The number of hydrogen-bond acceptors (Lipinski definition) is 3. The molecule has 0 fully saturated rings. The van der Waals surface area contributed by atoms with Crippen molar-refractivity contribution in [2.45, 2.75) is 40.2 Å². The first-order valence-electron chi connectivity index (χ1n) is 5.49. The Morgan fingerprint density at radius 3 is 2.12 bits per heavy atom. The van der Waals surface area contributed by atoms with E-state index in [9.17, 15) is 9.59 Å². The summed E-state index contributed by atoms with van der Waals surface area (Å²) in [5.74, 6) is -0.596. The molecule has 5 heteroatoms. The standard InChI is InChI=1S/C11H21NO4/c1-7(2)5-9(10(13)14)12-11(15)16-6-8(3)4/h7-9H,5-6H2,1-4H3,(H,12,15)(H,13,14)/t9-/m0/s1. The molecule has 1 atom stereocenters. The smallest absolute Gasteiger partial charge is 0.407 e. The molecule has 16 heavy (non-hydrogen) atoms. The lowest BCUT2D eigenvalue weighted by atomic mass is 10.0. The lowest BCUT2D eigenvalue weighted by Crippen LogP contribution is -2.42. The molecule has 0 saturated heterocycles. The van der Waals surface area contributed by atoms with Crippen LogP contribution in [-0.4, -0.2) is 29.8 Å². The van der Waals surface area contributed by atoms with Crippen LogP contribution in [0.15, 0.2) is 0 Å². The van der Waals surface area contributed by atoms with E-state index in [1.807, 2.05) is 27.7 Å². The molecule has 0 aromatic carbocycles. The number of hydrogen-bond donors (Lipinski definition) is 2. The first-order chi connectivity index (χ1) is 7.32. The summed E-state index contributed by atoms with van der Waals surface area (Å²) in [6.45, 7) is 7.92. The number of carbonyl (C=O) groups is 2. The van der Waals surface area contributed by atoms with Gasteiger partial charge in [-0.15, -0.1) is 0 Å². The summed E-state index contributed by atoms with van der Waals surface area (Å²) < 4.78 is 4.85. The van der Waals surface area contributed by atoms with Crippen LogP contribution in [0.5, 0.6) is 0 Å². The Labute approximate surface area is 96.2 Å². The molecule has 2 N–H and O–H groups in total. The van der Waals surface area contributed by atoms with Gasteiger partial charge in [0.2, 0.25) is 0 Å². The van der Waals surface area contributed by atoms with E-state index < -0.39 is 18.1 Å². The molecule has 0 aliphatic rings. The van der Waals surface area contributed by atoms with Crippen LogP contribution in [-0.2, 0) is 9.53 Å². The number of alkyl carbamates (subject to hydrolysis) is 1. The van der Waals surface area contributed by atoms with Gasteiger partial charge >= 0.3 is 12.1 Å². The predicted octanol–water partition coefficient (Wildman–Crippen LogP) is 1.87. The zero-order valence-corrected chi connectivity index (χ0v) is 10.3. The summed E-state index contributed by atoms with van der Waals surface area (Å²) in [5.41, 5.74) is 0. The van der Waals surface area contributed by atoms with E-state index in [4.69, 9.17) is 9.84 Å². The largest absolute Gasteiger partial charge is 0.480 e. The highest BCUT2D eigenvalue weighted by Gasteiger charge is 2.21. The molecule has 0 heterocycles. The van der Waals surface area contributed by atoms with Crippen LogP contribution < -0.4 is 5.32 Å². The third-order valence-corrected chi connectivity index (χ3v) is 1.85. The Balaban J connectivity index is 4.08. The number of carbonyl (C=O) groups excluding carboxylic acids is 1. The molecule has 0 aromatic rings. The summed E-state index contributed by atoms with van der Waals surface area (Å²) in [6, 6.07) is -0.875. The van der Waals surface area contributed by atoms with Crippen LogP contribution >= 0.6 is 0 Å². The summed E-state index contributed by atoms with van der Waals surface area (Å²) in [5, 5.41) is 11.2. The number of nitrogens with one attached hydrogen (secondary N) is 1. The van der Waals surface area contributed by atoms with Gasteiger partial charge in [0.15, 0.2) is 0 Å². The van der Waals surface area contributed by atoms with Gasteiger partial charge in [0.05, 0.1) is 6.61 Å². The fourth-order valence-corrected chi connectivity index (χ4v) is 1.12. The third kappa shape index (κ3) is 7.09. The summed E-state index contributed by atoms with van der Waals surface area (Å²) in [7, 11) is 0. The number of aliphatic carboxylic acids is 1. The van der Waals surface area contributed by atoms with Crippen LogP contribution in [0.3, 0.4) is 0 Å². The van der Waals surface area contributed by atoms with Crippen LogP contribution in [0.2, 0.25) is 0 Å². The summed E-state index contributed by atoms with van der Waals surface area (Å²) in [6.07, 6.45) is -0.270. The van der Waals surface area contributed by atoms with Gasteiger partial charge in [-0.25, -0.2) is 9.59 Å². The zero-order valence-electron chi connectivity index (χ0n) is 10.3. The average molecular weight is 231 g/mol. The highest BCUT2D eigenvalue weighted by molar-refractivity contribution is 5.79. The van der Waals surface area contributed by atoms with Crippen molar-refractivity contribution in [3.8, 4) is 0 Å². The van der Waals surface area contributed by atoms with E-state index in [0.29, 0.717) is 13.0 Å². The van der Waals surface area contributed by atoms with E-state index in [1.165, 1.54) is 0 Å². The number of carboxylic acids is 1. The minimum absolute atomic E-state index is 0.200. The normalized spacial score (nSPS) is 12.6. The highest BCUT2D eigenvalue weighted by Crippen LogP contribution is 2.05. The molecule has 0 rings (SSSR count). The Morgan fingerprint density at radius 2 is 1.75 bits per heavy atom. The van der Waals surface area contributed by atoms with E-state index in [1.54, 1.807) is 0 Å². The highest BCUT2D eigenvalue weighted by atomic mass is 16.5. The maximum Gasteiger partial charge on any atom is 0.407 e.